The lowest BCUT2D eigenvalue weighted by molar-refractivity contribution is 0.283. The number of anilines is 3. The summed E-state index contributed by atoms with van der Waals surface area (Å²) in [6.07, 6.45) is 6.14. The number of aryl methyl sites for hydroxylation is 1. The first kappa shape index (κ1) is 20.4. The van der Waals surface area contributed by atoms with Gasteiger partial charge in [0.2, 0.25) is 10.0 Å². The SMILES string of the molecule is Cc1c(Nc2ccc(I)cc2F)c(NS(=O)(=O)C2(CCO)CC2)cn2ccnc12. The highest BCUT2D eigenvalue weighted by atomic mass is 127. The molecule has 2 heterocycles. The highest BCUT2D eigenvalue weighted by Crippen LogP contribution is 2.47. The van der Waals surface area contributed by atoms with E-state index in [1.807, 2.05) is 22.6 Å². The molecule has 1 aromatic carbocycles. The Balaban J connectivity index is 1.79. The van der Waals surface area contributed by atoms with Crippen molar-refractivity contribution >= 4 is 55.3 Å². The number of halogens is 2. The van der Waals surface area contributed by atoms with Crippen molar-refractivity contribution in [3.63, 3.8) is 0 Å². The second kappa shape index (κ2) is 7.40. The standard InChI is InChI=1S/C19H20FIN4O3S/c1-12-17(23-15-3-2-13(21)10-14(15)20)16(11-25-8-7-22-18(12)25)24-29(27,28)19(4-5-19)6-9-26/h2-3,7-8,10-11,23-24,26H,4-6,9H2,1H3. The number of aliphatic hydroxyl groups excluding tert-OH is 1. The van der Waals surface area contributed by atoms with Gasteiger partial charge in [0.05, 0.1) is 21.8 Å². The molecule has 4 rings (SSSR count). The third kappa shape index (κ3) is 3.68. The summed E-state index contributed by atoms with van der Waals surface area (Å²) in [5.41, 5.74) is 2.29. The second-order valence-electron chi connectivity index (χ2n) is 7.21. The van der Waals surface area contributed by atoms with Crippen LogP contribution in [0.4, 0.5) is 21.5 Å². The Morgan fingerprint density at radius 3 is 2.76 bits per heavy atom. The van der Waals surface area contributed by atoms with Crippen molar-refractivity contribution in [1.29, 1.82) is 0 Å². The molecule has 154 valence electrons. The third-order valence-electron chi connectivity index (χ3n) is 5.30. The molecule has 1 aliphatic carbocycles. The minimum atomic E-state index is -3.74. The van der Waals surface area contributed by atoms with Gasteiger partial charge in [-0.05, 0) is 67.0 Å². The van der Waals surface area contributed by atoms with E-state index in [1.54, 1.807) is 42.0 Å². The number of benzene rings is 1. The van der Waals surface area contributed by atoms with E-state index < -0.39 is 20.6 Å². The van der Waals surface area contributed by atoms with Crippen molar-refractivity contribution in [3.8, 4) is 0 Å². The number of fused-ring (bicyclic) bond motifs is 1. The molecule has 1 saturated carbocycles. The van der Waals surface area contributed by atoms with Gasteiger partial charge in [-0.1, -0.05) is 0 Å². The summed E-state index contributed by atoms with van der Waals surface area (Å²) in [6, 6.07) is 4.77. The molecular formula is C19H20FIN4O3S. The summed E-state index contributed by atoms with van der Waals surface area (Å²) < 4.78 is 44.7. The molecule has 3 N–H and O–H groups in total. The van der Waals surface area contributed by atoms with Crippen LogP contribution in [-0.4, -0.2) is 34.3 Å². The molecule has 0 atom stereocenters. The molecule has 29 heavy (non-hydrogen) atoms. The van der Waals surface area contributed by atoms with Gasteiger partial charge in [0.1, 0.15) is 11.5 Å². The molecule has 0 saturated heterocycles. The molecule has 10 heteroatoms. The van der Waals surface area contributed by atoms with Crippen LogP contribution in [0.15, 0.2) is 36.8 Å². The number of imidazole rings is 1. The molecule has 7 nitrogen and oxygen atoms in total. The number of sulfonamides is 1. The summed E-state index contributed by atoms with van der Waals surface area (Å²) in [4.78, 5) is 4.30. The van der Waals surface area contributed by atoms with E-state index >= 15 is 0 Å². The van der Waals surface area contributed by atoms with Gasteiger partial charge in [-0.3, -0.25) is 4.72 Å². The molecule has 0 unspecified atom stereocenters. The average Bonchev–Trinajstić information content (AvgIpc) is 3.30. The highest BCUT2D eigenvalue weighted by molar-refractivity contribution is 14.1. The average molecular weight is 530 g/mol. The van der Waals surface area contributed by atoms with Gasteiger partial charge in [-0.15, -0.1) is 0 Å². The Morgan fingerprint density at radius 2 is 2.10 bits per heavy atom. The summed E-state index contributed by atoms with van der Waals surface area (Å²) in [7, 11) is -3.74. The van der Waals surface area contributed by atoms with Gasteiger partial charge in [0, 0.05) is 34.3 Å². The van der Waals surface area contributed by atoms with E-state index in [0.29, 0.717) is 35.4 Å². The molecule has 3 aromatic rings. The predicted octanol–water partition coefficient (Wildman–Crippen LogP) is 3.79. The van der Waals surface area contributed by atoms with Gasteiger partial charge < -0.3 is 14.8 Å². The van der Waals surface area contributed by atoms with E-state index in [-0.39, 0.29) is 18.7 Å². The number of aliphatic hydroxyl groups is 1. The summed E-state index contributed by atoms with van der Waals surface area (Å²) in [6.45, 7) is 1.60. The van der Waals surface area contributed by atoms with Crippen LogP contribution in [0.5, 0.6) is 0 Å². The van der Waals surface area contributed by atoms with Crippen molar-refractivity contribution in [2.45, 2.75) is 30.9 Å². The minimum Gasteiger partial charge on any atom is -0.396 e. The van der Waals surface area contributed by atoms with Crippen LogP contribution in [0.25, 0.3) is 5.65 Å². The monoisotopic (exact) mass is 530 g/mol. The maximum absolute atomic E-state index is 14.4. The minimum absolute atomic E-state index is 0.184. The second-order valence-corrected chi connectivity index (χ2v) is 10.5. The van der Waals surface area contributed by atoms with E-state index in [4.69, 9.17) is 0 Å². The summed E-state index contributed by atoms with van der Waals surface area (Å²) in [5.74, 6) is -0.438. The van der Waals surface area contributed by atoms with Gasteiger partial charge in [-0.2, -0.15) is 0 Å². The lowest BCUT2D eigenvalue weighted by atomic mass is 10.2. The molecule has 0 radical (unpaired) electrons. The Labute approximate surface area is 181 Å². The number of aromatic nitrogens is 2. The first-order valence-electron chi connectivity index (χ1n) is 9.08. The predicted molar refractivity (Wildman–Crippen MR) is 119 cm³/mol. The van der Waals surface area contributed by atoms with Gasteiger partial charge in [-0.25, -0.2) is 17.8 Å². The van der Waals surface area contributed by atoms with Crippen LogP contribution >= 0.6 is 22.6 Å². The zero-order valence-electron chi connectivity index (χ0n) is 15.6. The van der Waals surface area contributed by atoms with E-state index in [0.717, 1.165) is 3.57 Å². The molecule has 0 amide bonds. The van der Waals surface area contributed by atoms with Crippen LogP contribution < -0.4 is 10.0 Å². The number of hydrogen-bond donors (Lipinski definition) is 3. The van der Waals surface area contributed by atoms with E-state index in [9.17, 15) is 17.9 Å². The molecule has 0 bridgehead atoms. The van der Waals surface area contributed by atoms with Crippen molar-refractivity contribution < 1.29 is 17.9 Å². The Bertz CT molecular complexity index is 1190. The number of pyridine rings is 1. The van der Waals surface area contributed by atoms with Crippen molar-refractivity contribution in [3.05, 3.63) is 51.7 Å². The fourth-order valence-corrected chi connectivity index (χ4v) is 5.55. The summed E-state index contributed by atoms with van der Waals surface area (Å²) in [5, 5.41) is 12.3. The van der Waals surface area contributed by atoms with Crippen LogP contribution in [0.3, 0.4) is 0 Å². The fourth-order valence-electron chi connectivity index (χ4n) is 3.44. The zero-order valence-corrected chi connectivity index (χ0v) is 18.6. The smallest absolute Gasteiger partial charge is 0.238 e. The summed E-state index contributed by atoms with van der Waals surface area (Å²) >= 11 is 2.03. The van der Waals surface area contributed by atoms with E-state index in [1.165, 1.54) is 6.07 Å². The maximum atomic E-state index is 14.4. The van der Waals surface area contributed by atoms with Gasteiger partial charge in [0.15, 0.2) is 0 Å². The lowest BCUT2D eigenvalue weighted by Gasteiger charge is -2.21. The number of rotatable bonds is 7. The quantitative estimate of drug-likeness (QED) is 0.405. The Kier molecular flexibility index (Phi) is 5.20. The normalized spacial score (nSPS) is 15.4. The van der Waals surface area contributed by atoms with Crippen LogP contribution in [0.2, 0.25) is 0 Å². The molecule has 0 spiro atoms. The maximum Gasteiger partial charge on any atom is 0.238 e. The van der Waals surface area contributed by atoms with Gasteiger partial charge >= 0.3 is 0 Å². The van der Waals surface area contributed by atoms with Crippen molar-refractivity contribution in [2.24, 2.45) is 0 Å². The largest absolute Gasteiger partial charge is 0.396 e. The van der Waals surface area contributed by atoms with Crippen molar-refractivity contribution in [2.75, 3.05) is 16.6 Å². The highest BCUT2D eigenvalue weighted by Gasteiger charge is 2.54. The topological polar surface area (TPSA) is 95.7 Å². The van der Waals surface area contributed by atoms with Crippen LogP contribution in [0.1, 0.15) is 24.8 Å². The Hall–Kier alpha value is -1.92. The van der Waals surface area contributed by atoms with Crippen LogP contribution in [-0.2, 0) is 10.0 Å². The third-order valence-corrected chi connectivity index (χ3v) is 8.21. The fraction of sp³-hybridized carbons (Fsp3) is 0.316. The molecule has 1 fully saturated rings. The van der Waals surface area contributed by atoms with Crippen LogP contribution in [0, 0.1) is 16.3 Å². The van der Waals surface area contributed by atoms with Gasteiger partial charge in [0.25, 0.3) is 0 Å². The molecule has 0 aliphatic heterocycles. The van der Waals surface area contributed by atoms with Crippen molar-refractivity contribution in [1.82, 2.24) is 9.38 Å². The molecular weight excluding hydrogens is 510 g/mol. The number of nitrogens with one attached hydrogen (secondary N) is 2. The zero-order chi connectivity index (χ0) is 20.8. The lowest BCUT2D eigenvalue weighted by Crippen LogP contribution is -2.31. The Morgan fingerprint density at radius 1 is 1.34 bits per heavy atom. The first-order valence-corrected chi connectivity index (χ1v) is 11.6. The number of hydrogen-bond acceptors (Lipinski definition) is 5. The molecule has 1 aliphatic rings. The van der Waals surface area contributed by atoms with E-state index in [2.05, 4.69) is 15.0 Å². The first-order chi connectivity index (χ1) is 13.8. The molecule has 2 aromatic heterocycles. The number of nitrogens with zero attached hydrogens (tertiary/aromatic N) is 2.